The Labute approximate surface area is 136 Å². The van der Waals surface area contributed by atoms with Gasteiger partial charge in [0.1, 0.15) is 11.4 Å². The van der Waals surface area contributed by atoms with Crippen LogP contribution in [0.15, 0.2) is 50.4 Å². The number of hydrazone groups is 1. The van der Waals surface area contributed by atoms with Gasteiger partial charge in [0.2, 0.25) is 0 Å². The first-order chi connectivity index (χ1) is 9.99. The molecule has 0 radical (unpaired) electrons. The minimum atomic E-state index is -0.495. The summed E-state index contributed by atoms with van der Waals surface area (Å²) in [7, 11) is 0. The molecule has 0 saturated carbocycles. The molecule has 2 aromatic carbocycles. The first-order valence-corrected chi connectivity index (χ1v) is 7.28. The number of nitrogens with zero attached hydrogens (tertiary/aromatic N) is 2. The summed E-state index contributed by atoms with van der Waals surface area (Å²) in [6, 6.07) is 9.53. The van der Waals surface area contributed by atoms with Gasteiger partial charge in [-0.05, 0) is 34.1 Å². The normalized spacial score (nSPS) is 10.8. The average molecular weight is 415 g/mol. The molecule has 0 saturated heterocycles. The highest BCUT2D eigenvalue weighted by Gasteiger charge is 2.11. The van der Waals surface area contributed by atoms with Crippen LogP contribution < -0.4 is 5.43 Å². The lowest BCUT2D eigenvalue weighted by Crippen LogP contribution is -1.96. The zero-order valence-electron chi connectivity index (χ0n) is 10.5. The Morgan fingerprint density at radius 1 is 1.29 bits per heavy atom. The van der Waals surface area contributed by atoms with E-state index in [1.54, 1.807) is 30.3 Å². The van der Waals surface area contributed by atoms with Gasteiger partial charge in [-0.25, -0.2) is 0 Å². The second-order valence-corrected chi connectivity index (χ2v) is 5.74. The lowest BCUT2D eigenvalue weighted by atomic mass is 10.2. The number of nitro groups is 1. The predicted molar refractivity (Wildman–Crippen MR) is 87.8 cm³/mol. The van der Waals surface area contributed by atoms with Gasteiger partial charge in [-0.2, -0.15) is 5.10 Å². The van der Waals surface area contributed by atoms with E-state index in [4.69, 9.17) is 0 Å². The summed E-state index contributed by atoms with van der Waals surface area (Å²) in [6.45, 7) is 0. The third-order valence-corrected chi connectivity index (χ3v) is 3.61. The van der Waals surface area contributed by atoms with Crippen molar-refractivity contribution < 1.29 is 10.0 Å². The second kappa shape index (κ2) is 6.68. The molecular formula is C13H9Br2N3O3. The van der Waals surface area contributed by atoms with Crippen LogP contribution in [0.25, 0.3) is 0 Å². The molecular weight excluding hydrogens is 406 g/mol. The van der Waals surface area contributed by atoms with Gasteiger partial charge in [0, 0.05) is 16.1 Å². The second-order valence-electron chi connectivity index (χ2n) is 3.97. The molecule has 0 heterocycles. The third-order valence-electron chi connectivity index (χ3n) is 2.55. The van der Waals surface area contributed by atoms with Gasteiger partial charge < -0.3 is 5.11 Å². The van der Waals surface area contributed by atoms with E-state index in [0.29, 0.717) is 10.0 Å². The van der Waals surface area contributed by atoms with Gasteiger partial charge in [0.25, 0.3) is 5.69 Å². The van der Waals surface area contributed by atoms with Crippen LogP contribution in [-0.4, -0.2) is 16.2 Å². The smallest absolute Gasteiger partial charge is 0.294 e. The molecule has 0 spiro atoms. The quantitative estimate of drug-likeness (QED) is 0.444. The number of aromatic hydroxyl groups is 1. The van der Waals surface area contributed by atoms with Crippen LogP contribution in [-0.2, 0) is 0 Å². The van der Waals surface area contributed by atoms with Gasteiger partial charge in [-0.15, -0.1) is 0 Å². The zero-order chi connectivity index (χ0) is 15.4. The largest absolute Gasteiger partial charge is 0.506 e. The molecule has 2 N–H and O–H groups in total. The monoisotopic (exact) mass is 413 g/mol. The van der Waals surface area contributed by atoms with Crippen molar-refractivity contribution in [3.8, 4) is 5.75 Å². The highest BCUT2D eigenvalue weighted by Crippen LogP contribution is 2.30. The molecule has 6 nitrogen and oxygen atoms in total. The number of nitrogens with one attached hydrogen (secondary N) is 1. The maximum atomic E-state index is 10.9. The van der Waals surface area contributed by atoms with Gasteiger partial charge in [-0.3, -0.25) is 15.5 Å². The summed E-state index contributed by atoms with van der Waals surface area (Å²) in [5.41, 5.74) is 3.25. The Kier molecular flexibility index (Phi) is 4.92. The van der Waals surface area contributed by atoms with Gasteiger partial charge in [0.05, 0.1) is 15.6 Å². The lowest BCUT2D eigenvalue weighted by molar-refractivity contribution is -0.384. The van der Waals surface area contributed by atoms with Crippen molar-refractivity contribution in [2.45, 2.75) is 0 Å². The number of rotatable bonds is 4. The molecule has 0 aliphatic carbocycles. The number of phenols is 1. The molecule has 2 aromatic rings. The van der Waals surface area contributed by atoms with E-state index in [1.165, 1.54) is 12.3 Å². The number of para-hydroxylation sites is 2. The maximum Gasteiger partial charge on any atom is 0.294 e. The van der Waals surface area contributed by atoms with Gasteiger partial charge >= 0.3 is 0 Å². The molecule has 0 aliphatic heterocycles. The van der Waals surface area contributed by atoms with E-state index in [0.717, 1.165) is 4.47 Å². The number of hydrogen-bond donors (Lipinski definition) is 2. The summed E-state index contributed by atoms with van der Waals surface area (Å²) in [5, 5.41) is 24.6. The van der Waals surface area contributed by atoms with Crippen LogP contribution in [0.4, 0.5) is 11.4 Å². The number of benzene rings is 2. The van der Waals surface area contributed by atoms with Gasteiger partial charge in [-0.1, -0.05) is 28.1 Å². The van der Waals surface area contributed by atoms with E-state index in [9.17, 15) is 15.2 Å². The Bertz CT molecular complexity index is 720. The Morgan fingerprint density at radius 2 is 2.00 bits per heavy atom. The van der Waals surface area contributed by atoms with Crippen LogP contribution in [0.2, 0.25) is 0 Å². The van der Waals surface area contributed by atoms with Crippen molar-refractivity contribution in [2.75, 3.05) is 5.43 Å². The predicted octanol–water partition coefficient (Wildman–Crippen LogP) is 4.27. The Morgan fingerprint density at radius 3 is 2.71 bits per heavy atom. The van der Waals surface area contributed by atoms with E-state index < -0.39 is 4.92 Å². The number of anilines is 1. The topological polar surface area (TPSA) is 87.8 Å². The highest BCUT2D eigenvalue weighted by atomic mass is 79.9. The lowest BCUT2D eigenvalue weighted by Gasteiger charge is -2.04. The number of halogens is 2. The molecule has 0 aliphatic rings. The van der Waals surface area contributed by atoms with Crippen molar-refractivity contribution >= 4 is 49.4 Å². The maximum absolute atomic E-state index is 10.9. The van der Waals surface area contributed by atoms with Crippen LogP contribution >= 0.6 is 31.9 Å². The van der Waals surface area contributed by atoms with E-state index in [1.807, 2.05) is 0 Å². The zero-order valence-corrected chi connectivity index (χ0v) is 13.6. The first kappa shape index (κ1) is 15.5. The molecule has 8 heteroatoms. The number of hydrogen-bond acceptors (Lipinski definition) is 5. The molecule has 0 fully saturated rings. The van der Waals surface area contributed by atoms with Crippen LogP contribution in [0.5, 0.6) is 5.75 Å². The Hall–Kier alpha value is -1.93. The van der Waals surface area contributed by atoms with E-state index in [-0.39, 0.29) is 17.1 Å². The molecule has 0 bridgehead atoms. The third kappa shape index (κ3) is 3.79. The SMILES string of the molecule is O=[N+]([O-])c1ccccc1N/N=C\c1cc(Br)cc(Br)c1O. The standard InChI is InChI=1S/C13H9Br2N3O3/c14-9-5-8(13(19)10(15)6-9)7-16-17-11-3-1-2-4-12(11)18(20)21/h1-7,17,19H/b16-7-. The van der Waals surface area contributed by atoms with E-state index in [2.05, 4.69) is 42.4 Å². The van der Waals surface area contributed by atoms with Crippen LogP contribution in [0.1, 0.15) is 5.56 Å². The minimum Gasteiger partial charge on any atom is -0.506 e. The molecule has 21 heavy (non-hydrogen) atoms. The summed E-state index contributed by atoms with van der Waals surface area (Å²) < 4.78 is 1.28. The molecule has 0 unspecified atom stereocenters. The number of phenolic OH excluding ortho intramolecular Hbond substituents is 1. The Balaban J connectivity index is 2.23. The molecule has 2 rings (SSSR count). The molecule has 0 atom stereocenters. The van der Waals surface area contributed by atoms with E-state index >= 15 is 0 Å². The van der Waals surface area contributed by atoms with Crippen molar-refractivity contribution in [2.24, 2.45) is 5.10 Å². The van der Waals surface area contributed by atoms with Crippen LogP contribution in [0, 0.1) is 10.1 Å². The average Bonchev–Trinajstić information content (AvgIpc) is 2.44. The fourth-order valence-electron chi connectivity index (χ4n) is 1.58. The molecule has 0 aromatic heterocycles. The summed E-state index contributed by atoms with van der Waals surface area (Å²) >= 11 is 6.52. The number of nitro benzene ring substituents is 1. The summed E-state index contributed by atoms with van der Waals surface area (Å²) in [4.78, 5) is 10.4. The highest BCUT2D eigenvalue weighted by molar-refractivity contribution is 9.11. The van der Waals surface area contributed by atoms with Crippen LogP contribution in [0.3, 0.4) is 0 Å². The summed E-state index contributed by atoms with van der Waals surface area (Å²) in [5.74, 6) is 0.0336. The molecule has 108 valence electrons. The molecule has 0 amide bonds. The summed E-state index contributed by atoms with van der Waals surface area (Å²) in [6.07, 6.45) is 1.38. The fraction of sp³-hybridized carbons (Fsp3) is 0. The minimum absolute atomic E-state index is 0.0336. The van der Waals surface area contributed by atoms with Crippen molar-refractivity contribution in [1.29, 1.82) is 0 Å². The van der Waals surface area contributed by atoms with Crippen molar-refractivity contribution in [1.82, 2.24) is 0 Å². The first-order valence-electron chi connectivity index (χ1n) is 5.69. The van der Waals surface area contributed by atoms with Crippen molar-refractivity contribution in [3.05, 3.63) is 61.0 Å². The van der Waals surface area contributed by atoms with Crippen molar-refractivity contribution in [3.63, 3.8) is 0 Å². The van der Waals surface area contributed by atoms with Gasteiger partial charge in [0.15, 0.2) is 0 Å². The fourth-order valence-corrected chi connectivity index (χ4v) is 2.84.